The van der Waals surface area contributed by atoms with Gasteiger partial charge >= 0.3 is 5.97 Å². The summed E-state index contributed by atoms with van der Waals surface area (Å²) in [6.45, 7) is 3.28. The molecule has 2 aromatic carbocycles. The molecule has 42 heavy (non-hydrogen) atoms. The van der Waals surface area contributed by atoms with Gasteiger partial charge in [-0.05, 0) is 60.7 Å². The summed E-state index contributed by atoms with van der Waals surface area (Å²) in [5.74, 6) is -0.199. The summed E-state index contributed by atoms with van der Waals surface area (Å²) in [7, 11) is -3.38. The molecule has 1 aliphatic rings. The van der Waals surface area contributed by atoms with Gasteiger partial charge in [-0.2, -0.15) is 0 Å². The maximum absolute atomic E-state index is 14.7. The van der Waals surface area contributed by atoms with Gasteiger partial charge in [-0.1, -0.05) is 47.5 Å². The van der Waals surface area contributed by atoms with Crippen LogP contribution in [-0.4, -0.2) is 42.5 Å². The molecule has 0 spiro atoms. The molecule has 1 saturated heterocycles. The van der Waals surface area contributed by atoms with Gasteiger partial charge in [0.15, 0.2) is 12.9 Å². The van der Waals surface area contributed by atoms with E-state index in [9.17, 15) is 14.5 Å². The Bertz CT molecular complexity index is 1780. The molecule has 6 rings (SSSR count). The van der Waals surface area contributed by atoms with Crippen LogP contribution in [0, 0.1) is 5.92 Å². The number of carbonyl (C=O) groups is 1. The average Bonchev–Trinajstić information content (AvgIpc) is 3.62. The van der Waals surface area contributed by atoms with Gasteiger partial charge in [-0.15, -0.1) is 11.3 Å². The number of rotatable bonds is 8. The Morgan fingerprint density at radius 2 is 1.81 bits per heavy atom. The van der Waals surface area contributed by atoms with E-state index >= 15 is 0 Å². The Kier molecular flexibility index (Phi) is 8.18. The number of thiophene rings is 1. The van der Waals surface area contributed by atoms with Gasteiger partial charge in [-0.25, -0.2) is 4.79 Å². The molecule has 1 atom stereocenters. The van der Waals surface area contributed by atoms with E-state index < -0.39 is 13.3 Å². The third-order valence-corrected chi connectivity index (χ3v) is 11.9. The zero-order valence-corrected chi connectivity index (χ0v) is 25.8. The van der Waals surface area contributed by atoms with Gasteiger partial charge in [0.2, 0.25) is 0 Å². The van der Waals surface area contributed by atoms with Gasteiger partial charge in [-0.3, -0.25) is 9.55 Å². The Hall–Kier alpha value is -3.13. The second-order valence-corrected chi connectivity index (χ2v) is 14.9. The van der Waals surface area contributed by atoms with Crippen molar-refractivity contribution in [3.05, 3.63) is 87.8 Å². The topological polar surface area (TPSA) is 92.9 Å². The fraction of sp³-hybridized carbons (Fsp3) is 0.226. The molecule has 0 aliphatic carbocycles. The van der Waals surface area contributed by atoms with E-state index in [1.165, 1.54) is 0 Å². The molecule has 0 amide bonds. The van der Waals surface area contributed by atoms with Gasteiger partial charge in [0.05, 0.1) is 10.7 Å². The third-order valence-electron chi connectivity index (χ3n) is 7.52. The van der Waals surface area contributed by atoms with Crippen molar-refractivity contribution in [1.29, 1.82) is 0 Å². The van der Waals surface area contributed by atoms with E-state index in [0.29, 0.717) is 47.1 Å². The number of carboxylic acid groups (broad SMARTS) is 1. The largest absolute Gasteiger partial charge is 0.477 e. The van der Waals surface area contributed by atoms with E-state index in [2.05, 4.69) is 4.98 Å². The number of furan rings is 1. The number of carboxylic acids is 1. The Morgan fingerprint density at radius 1 is 1.07 bits per heavy atom. The lowest BCUT2D eigenvalue weighted by Crippen LogP contribution is -2.34. The van der Waals surface area contributed by atoms with Crippen LogP contribution < -0.4 is 9.97 Å². The second kappa shape index (κ2) is 11.9. The Morgan fingerprint density at radius 3 is 2.50 bits per heavy atom. The highest BCUT2D eigenvalue weighted by Gasteiger charge is 2.36. The number of hydrogen-bond donors (Lipinski definition) is 1. The monoisotopic (exact) mass is 640 g/mol. The summed E-state index contributed by atoms with van der Waals surface area (Å²) in [5, 5.41) is 11.4. The van der Waals surface area contributed by atoms with E-state index in [1.54, 1.807) is 35.7 Å². The average molecular weight is 642 g/mol. The number of fused-ring (bicyclic) bond motifs is 1. The van der Waals surface area contributed by atoms with Gasteiger partial charge < -0.3 is 18.9 Å². The highest BCUT2D eigenvalue weighted by atomic mass is 35.5. The minimum Gasteiger partial charge on any atom is -0.477 e. The molecule has 0 bridgehead atoms. The number of anilines is 1. The minimum absolute atomic E-state index is 0.122. The molecular weight excluding hydrogens is 614 g/mol. The second-order valence-electron chi connectivity index (χ2n) is 10.3. The third kappa shape index (κ3) is 5.75. The molecule has 4 heterocycles. The standard InChI is InChI=1S/C31H27Cl2N2O5PS/c1-41(38,28-9-8-22(32)15-23(28)33)35(18-19-10-13-39-14-11-19)25-17-29(42-30(25)31(36)37)21-6-4-20(5-7-21)27-16-24-26(40-27)3-2-12-34-24/h2-9,12,15-17,19H,10-11,13-14,18H2,1H3,(H,36,37). The molecule has 1 aliphatic heterocycles. The molecule has 1 unspecified atom stereocenters. The summed E-state index contributed by atoms with van der Waals surface area (Å²) >= 11 is 13.9. The first-order valence-electron chi connectivity index (χ1n) is 13.4. The van der Waals surface area contributed by atoms with E-state index in [1.807, 2.05) is 48.5 Å². The molecule has 5 aromatic rings. The number of hydrogen-bond acceptors (Lipinski definition) is 6. The predicted molar refractivity (Wildman–Crippen MR) is 170 cm³/mol. The van der Waals surface area contributed by atoms with Crippen LogP contribution in [0.4, 0.5) is 5.69 Å². The maximum atomic E-state index is 14.7. The molecule has 216 valence electrons. The predicted octanol–water partition coefficient (Wildman–Crippen LogP) is 8.69. The van der Waals surface area contributed by atoms with Crippen molar-refractivity contribution in [3.63, 3.8) is 0 Å². The summed E-state index contributed by atoms with van der Waals surface area (Å²) in [4.78, 5) is 17.8. The molecule has 7 nitrogen and oxygen atoms in total. The highest BCUT2D eigenvalue weighted by Crippen LogP contribution is 2.53. The van der Waals surface area contributed by atoms with Crippen molar-refractivity contribution in [2.45, 2.75) is 12.8 Å². The van der Waals surface area contributed by atoms with E-state index in [4.69, 9.17) is 32.4 Å². The first-order chi connectivity index (χ1) is 20.2. The van der Waals surface area contributed by atoms with Gasteiger partial charge in [0, 0.05) is 59.5 Å². The number of ether oxygens (including phenoxy) is 1. The Labute approximate surface area is 257 Å². The van der Waals surface area contributed by atoms with Crippen molar-refractivity contribution in [1.82, 2.24) is 4.98 Å². The molecule has 11 heteroatoms. The lowest BCUT2D eigenvalue weighted by atomic mass is 10.0. The van der Waals surface area contributed by atoms with Crippen molar-refractivity contribution >= 4 is 69.9 Å². The van der Waals surface area contributed by atoms with Crippen molar-refractivity contribution < 1.29 is 23.6 Å². The van der Waals surface area contributed by atoms with Crippen LogP contribution in [0.3, 0.4) is 0 Å². The number of aromatic carboxylic acids is 1. The number of pyridine rings is 1. The number of aromatic nitrogens is 1. The maximum Gasteiger partial charge on any atom is 0.348 e. The van der Waals surface area contributed by atoms with Crippen LogP contribution in [-0.2, 0) is 9.30 Å². The van der Waals surface area contributed by atoms with Crippen LogP contribution in [0.2, 0.25) is 10.0 Å². The molecule has 1 fully saturated rings. The fourth-order valence-electron chi connectivity index (χ4n) is 5.26. The summed E-state index contributed by atoms with van der Waals surface area (Å²) < 4.78 is 27.9. The quantitative estimate of drug-likeness (QED) is 0.170. The SMILES string of the molecule is CP(=O)(c1ccc(Cl)cc1Cl)N(CC1CCOCC1)c1cc(-c2ccc(-c3cc4ncccc4o3)cc2)sc1C(=O)O. The lowest BCUT2D eigenvalue weighted by molar-refractivity contribution is 0.0685. The van der Waals surface area contributed by atoms with E-state index in [-0.39, 0.29) is 15.8 Å². The highest BCUT2D eigenvalue weighted by molar-refractivity contribution is 7.72. The van der Waals surface area contributed by atoms with Crippen molar-refractivity contribution in [2.24, 2.45) is 5.92 Å². The van der Waals surface area contributed by atoms with Crippen LogP contribution >= 0.6 is 41.8 Å². The normalized spacial score (nSPS) is 15.5. The van der Waals surface area contributed by atoms with Crippen LogP contribution in [0.15, 0.2) is 77.3 Å². The molecule has 0 saturated carbocycles. The van der Waals surface area contributed by atoms with Crippen molar-refractivity contribution in [2.75, 3.05) is 31.1 Å². The summed E-state index contributed by atoms with van der Waals surface area (Å²) in [5.41, 5.74) is 3.62. The van der Waals surface area contributed by atoms with Crippen molar-refractivity contribution in [3.8, 4) is 21.8 Å². The lowest BCUT2D eigenvalue weighted by Gasteiger charge is -2.36. The molecule has 0 radical (unpaired) electrons. The first kappa shape index (κ1) is 29.0. The van der Waals surface area contributed by atoms with Gasteiger partial charge in [0.1, 0.15) is 16.2 Å². The van der Waals surface area contributed by atoms with Gasteiger partial charge in [0.25, 0.3) is 0 Å². The van der Waals surface area contributed by atoms with Crippen LogP contribution in [0.25, 0.3) is 32.9 Å². The van der Waals surface area contributed by atoms with Crippen LogP contribution in [0.5, 0.6) is 0 Å². The van der Waals surface area contributed by atoms with E-state index in [0.717, 1.165) is 45.7 Å². The smallest absolute Gasteiger partial charge is 0.348 e. The molecule has 1 N–H and O–H groups in total. The molecular formula is C31H27Cl2N2O5PS. The molecule has 3 aromatic heterocycles. The number of benzene rings is 2. The zero-order valence-electron chi connectivity index (χ0n) is 22.6. The van der Waals surface area contributed by atoms with Crippen LogP contribution in [0.1, 0.15) is 22.5 Å². The summed E-state index contributed by atoms with van der Waals surface area (Å²) in [6, 6.07) is 20.0. The first-order valence-corrected chi connectivity index (χ1v) is 17.1. The number of nitrogens with zero attached hydrogens (tertiary/aromatic N) is 2. The Balaban J connectivity index is 1.40. The zero-order chi connectivity index (χ0) is 29.4. The fourth-order valence-corrected chi connectivity index (χ4v) is 9.40. The summed E-state index contributed by atoms with van der Waals surface area (Å²) in [6.07, 6.45) is 3.31. The number of halogens is 2. The minimum atomic E-state index is -3.38.